The highest BCUT2D eigenvalue weighted by atomic mass is 16.5. The summed E-state index contributed by atoms with van der Waals surface area (Å²) in [6.07, 6.45) is 2.16. The van der Waals surface area contributed by atoms with E-state index >= 15 is 0 Å². The summed E-state index contributed by atoms with van der Waals surface area (Å²) in [5.74, 6) is 0.922. The molecule has 1 fully saturated rings. The van der Waals surface area contributed by atoms with Crippen LogP contribution in [0, 0.1) is 6.07 Å². The fraction of sp³-hybridized carbons (Fsp3) is 0.444. The molecular formula is C9H11N2O. The second kappa shape index (κ2) is 3.11. The number of anilines is 1. The Bertz CT molecular complexity index is 244. The zero-order valence-electron chi connectivity index (χ0n) is 7.03. The molecule has 1 aliphatic heterocycles. The highest BCUT2D eigenvalue weighted by Gasteiger charge is 2.26. The van der Waals surface area contributed by atoms with Crippen LogP contribution < -0.4 is 4.90 Å². The van der Waals surface area contributed by atoms with Gasteiger partial charge in [0.15, 0.2) is 0 Å². The van der Waals surface area contributed by atoms with Gasteiger partial charge in [0.2, 0.25) is 0 Å². The van der Waals surface area contributed by atoms with Crippen LogP contribution in [-0.4, -0.2) is 31.3 Å². The van der Waals surface area contributed by atoms with Gasteiger partial charge in [-0.1, -0.05) is 0 Å². The van der Waals surface area contributed by atoms with E-state index in [-0.39, 0.29) is 0 Å². The molecular weight excluding hydrogens is 152 g/mol. The van der Waals surface area contributed by atoms with Crippen LogP contribution in [0.4, 0.5) is 5.82 Å². The van der Waals surface area contributed by atoms with Crippen LogP contribution >= 0.6 is 0 Å². The van der Waals surface area contributed by atoms with Crippen molar-refractivity contribution in [3.63, 3.8) is 0 Å². The highest BCUT2D eigenvalue weighted by Crippen LogP contribution is 2.18. The Morgan fingerprint density at radius 1 is 1.67 bits per heavy atom. The van der Waals surface area contributed by atoms with Crippen LogP contribution in [0.15, 0.2) is 18.3 Å². The van der Waals surface area contributed by atoms with E-state index in [4.69, 9.17) is 4.74 Å². The zero-order valence-corrected chi connectivity index (χ0v) is 7.03. The predicted molar refractivity (Wildman–Crippen MR) is 46.1 cm³/mol. The lowest BCUT2D eigenvalue weighted by Crippen LogP contribution is -2.52. The van der Waals surface area contributed by atoms with E-state index in [2.05, 4.69) is 16.0 Å². The van der Waals surface area contributed by atoms with Crippen LogP contribution in [0.1, 0.15) is 0 Å². The van der Waals surface area contributed by atoms with Gasteiger partial charge >= 0.3 is 0 Å². The second-order valence-electron chi connectivity index (χ2n) is 2.87. The Morgan fingerprint density at radius 3 is 3.08 bits per heavy atom. The van der Waals surface area contributed by atoms with Crippen molar-refractivity contribution in [2.75, 3.05) is 25.1 Å². The van der Waals surface area contributed by atoms with E-state index in [0.717, 1.165) is 18.9 Å². The normalized spacial score (nSPS) is 17.6. The molecule has 3 nitrogen and oxygen atoms in total. The van der Waals surface area contributed by atoms with Crippen molar-refractivity contribution in [2.24, 2.45) is 0 Å². The van der Waals surface area contributed by atoms with Crippen molar-refractivity contribution in [3.05, 3.63) is 24.4 Å². The molecule has 1 aromatic rings. The third kappa shape index (κ3) is 1.28. The van der Waals surface area contributed by atoms with Crippen molar-refractivity contribution in [2.45, 2.75) is 6.10 Å². The summed E-state index contributed by atoms with van der Waals surface area (Å²) in [5.41, 5.74) is 0. The first-order valence-corrected chi connectivity index (χ1v) is 4.00. The van der Waals surface area contributed by atoms with E-state index in [1.165, 1.54) is 0 Å². The van der Waals surface area contributed by atoms with Gasteiger partial charge in [0.05, 0.1) is 6.10 Å². The first kappa shape index (κ1) is 7.55. The molecule has 0 saturated carbocycles. The van der Waals surface area contributed by atoms with Crippen molar-refractivity contribution >= 4 is 5.82 Å². The van der Waals surface area contributed by atoms with Crippen molar-refractivity contribution in [1.29, 1.82) is 0 Å². The van der Waals surface area contributed by atoms with Gasteiger partial charge in [-0.05, 0) is 12.1 Å². The van der Waals surface area contributed by atoms with E-state index in [0.29, 0.717) is 6.10 Å². The molecule has 2 rings (SSSR count). The largest absolute Gasteiger partial charge is 0.378 e. The maximum atomic E-state index is 5.15. The molecule has 0 N–H and O–H groups in total. The summed E-state index contributed by atoms with van der Waals surface area (Å²) < 4.78 is 5.15. The van der Waals surface area contributed by atoms with Crippen molar-refractivity contribution in [3.8, 4) is 0 Å². The van der Waals surface area contributed by atoms with Gasteiger partial charge in [-0.15, -0.1) is 0 Å². The Balaban J connectivity index is 1.97. The van der Waals surface area contributed by atoms with Crippen molar-refractivity contribution < 1.29 is 4.74 Å². The van der Waals surface area contributed by atoms with Gasteiger partial charge in [0.25, 0.3) is 0 Å². The number of hydrogen-bond acceptors (Lipinski definition) is 3. The number of aromatic nitrogens is 1. The minimum absolute atomic E-state index is 0.375. The Labute approximate surface area is 72.0 Å². The van der Waals surface area contributed by atoms with Gasteiger partial charge in [-0.3, -0.25) is 0 Å². The summed E-state index contributed by atoms with van der Waals surface area (Å²) in [6.45, 7) is 1.87. The summed E-state index contributed by atoms with van der Waals surface area (Å²) in [6, 6.07) is 6.82. The fourth-order valence-corrected chi connectivity index (χ4v) is 1.25. The Hall–Kier alpha value is -1.09. The molecule has 0 atom stereocenters. The second-order valence-corrected chi connectivity index (χ2v) is 2.87. The number of methoxy groups -OCH3 is 1. The lowest BCUT2D eigenvalue weighted by Gasteiger charge is -2.38. The minimum Gasteiger partial charge on any atom is -0.378 e. The molecule has 1 saturated heterocycles. The zero-order chi connectivity index (χ0) is 8.39. The van der Waals surface area contributed by atoms with Crippen LogP contribution in [0.25, 0.3) is 0 Å². The SMILES string of the molecule is COC1CN(c2[c]cccn2)C1. The molecule has 0 aliphatic carbocycles. The van der Waals surface area contributed by atoms with Gasteiger partial charge in [-0.2, -0.15) is 0 Å². The third-order valence-electron chi connectivity index (χ3n) is 2.07. The third-order valence-corrected chi connectivity index (χ3v) is 2.07. The number of hydrogen-bond donors (Lipinski definition) is 0. The van der Waals surface area contributed by atoms with E-state index in [1.54, 1.807) is 13.3 Å². The number of ether oxygens (including phenoxy) is 1. The maximum Gasteiger partial charge on any atom is 0.136 e. The molecule has 63 valence electrons. The molecule has 1 radical (unpaired) electrons. The van der Waals surface area contributed by atoms with Gasteiger partial charge in [0.1, 0.15) is 5.82 Å². The fourth-order valence-electron chi connectivity index (χ4n) is 1.25. The van der Waals surface area contributed by atoms with Crippen LogP contribution in [0.2, 0.25) is 0 Å². The summed E-state index contributed by atoms with van der Waals surface area (Å²) in [4.78, 5) is 6.33. The molecule has 12 heavy (non-hydrogen) atoms. The van der Waals surface area contributed by atoms with Crippen LogP contribution in [0.3, 0.4) is 0 Å². The first-order valence-electron chi connectivity index (χ1n) is 4.00. The van der Waals surface area contributed by atoms with Gasteiger partial charge in [0, 0.05) is 32.5 Å². The molecule has 0 bridgehead atoms. The molecule has 1 aromatic heterocycles. The molecule has 0 unspecified atom stereocenters. The topological polar surface area (TPSA) is 25.4 Å². The molecule has 2 heterocycles. The Kier molecular flexibility index (Phi) is 1.96. The van der Waals surface area contributed by atoms with E-state index in [9.17, 15) is 0 Å². The average Bonchev–Trinajstić information content (AvgIpc) is 2.04. The van der Waals surface area contributed by atoms with Crippen LogP contribution in [-0.2, 0) is 4.74 Å². The highest BCUT2D eigenvalue weighted by molar-refractivity contribution is 5.40. The number of rotatable bonds is 2. The molecule has 0 spiro atoms. The first-order chi connectivity index (χ1) is 5.90. The summed E-state index contributed by atoms with van der Waals surface area (Å²) in [7, 11) is 1.74. The predicted octanol–water partition coefficient (Wildman–Crippen LogP) is 0.717. The standard InChI is InChI=1S/C9H11N2O/c1-12-8-6-11(7-8)9-4-2-3-5-10-9/h2-3,5,8H,6-7H2,1H3. The smallest absolute Gasteiger partial charge is 0.136 e. The quantitative estimate of drug-likeness (QED) is 0.642. The Morgan fingerprint density at radius 2 is 2.50 bits per heavy atom. The van der Waals surface area contributed by atoms with Crippen LogP contribution in [0.5, 0.6) is 0 Å². The summed E-state index contributed by atoms with van der Waals surface area (Å²) >= 11 is 0. The summed E-state index contributed by atoms with van der Waals surface area (Å²) in [5, 5.41) is 0. The lowest BCUT2D eigenvalue weighted by molar-refractivity contribution is 0.0783. The molecule has 0 aromatic carbocycles. The molecule has 3 heteroatoms. The van der Waals surface area contributed by atoms with E-state index in [1.807, 2.05) is 12.1 Å². The molecule has 1 aliphatic rings. The van der Waals surface area contributed by atoms with Crippen molar-refractivity contribution in [1.82, 2.24) is 4.98 Å². The lowest BCUT2D eigenvalue weighted by atomic mass is 10.1. The van der Waals surface area contributed by atoms with Gasteiger partial charge < -0.3 is 9.64 Å². The molecule has 0 amide bonds. The average molecular weight is 163 g/mol. The minimum atomic E-state index is 0.375. The number of nitrogens with zero attached hydrogens (tertiary/aromatic N) is 2. The number of pyridine rings is 1. The van der Waals surface area contributed by atoms with E-state index < -0.39 is 0 Å². The monoisotopic (exact) mass is 163 g/mol. The van der Waals surface area contributed by atoms with Gasteiger partial charge in [-0.25, -0.2) is 4.98 Å². The maximum absolute atomic E-state index is 5.15.